The summed E-state index contributed by atoms with van der Waals surface area (Å²) in [5.74, 6) is -1.36. The number of carbonyl (C=O) groups is 1. The van der Waals surface area contributed by atoms with Crippen LogP contribution in [0.25, 0.3) is 0 Å². The Morgan fingerprint density at radius 1 is 0.947 bits per heavy atom. The topological polar surface area (TPSA) is 83.6 Å². The molecule has 2 aromatic carbocycles. The third kappa shape index (κ3) is 2.92. The molecule has 0 aromatic heterocycles. The summed E-state index contributed by atoms with van der Waals surface area (Å²) in [5.41, 5.74) is 7.40. The Morgan fingerprint density at radius 3 is 2.00 bits per heavy atom. The molecule has 2 rings (SSSR count). The van der Waals surface area contributed by atoms with Crippen LogP contribution in [0.4, 0.5) is 0 Å². The Kier molecular flexibility index (Phi) is 3.82. The molecule has 4 N–H and O–H groups in total. The van der Waals surface area contributed by atoms with Gasteiger partial charge >= 0.3 is 5.97 Å². The van der Waals surface area contributed by atoms with Gasteiger partial charge in [0.05, 0.1) is 0 Å². The van der Waals surface area contributed by atoms with Gasteiger partial charge in [0.1, 0.15) is 11.8 Å². The minimum Gasteiger partial charge on any atom is -0.508 e. The van der Waals surface area contributed by atoms with Crippen LogP contribution in [-0.4, -0.2) is 22.2 Å². The van der Waals surface area contributed by atoms with Gasteiger partial charge in [-0.25, -0.2) is 0 Å². The Labute approximate surface area is 111 Å². The third-order valence-corrected chi connectivity index (χ3v) is 3.06. The number of aromatic hydroxyl groups is 1. The zero-order chi connectivity index (χ0) is 13.8. The first kappa shape index (κ1) is 13.1. The van der Waals surface area contributed by atoms with Crippen LogP contribution in [0.3, 0.4) is 0 Å². The highest BCUT2D eigenvalue weighted by Crippen LogP contribution is 2.28. The van der Waals surface area contributed by atoms with Crippen LogP contribution >= 0.6 is 0 Å². The number of hydrogen-bond donors (Lipinski definition) is 3. The molecule has 0 spiro atoms. The minimum absolute atomic E-state index is 0.138. The van der Waals surface area contributed by atoms with E-state index in [2.05, 4.69) is 0 Å². The van der Waals surface area contributed by atoms with Crippen molar-refractivity contribution in [1.82, 2.24) is 0 Å². The van der Waals surface area contributed by atoms with Gasteiger partial charge in [-0.1, -0.05) is 42.5 Å². The predicted octanol–water partition coefficient (Wildman–Crippen LogP) is 1.94. The highest BCUT2D eigenvalue weighted by molar-refractivity contribution is 5.75. The SMILES string of the molecule is NC(C(=O)O)C(c1ccccc1)c1ccc(O)cc1. The lowest BCUT2D eigenvalue weighted by Gasteiger charge is -2.21. The number of carboxylic acid groups (broad SMARTS) is 1. The van der Waals surface area contributed by atoms with Gasteiger partial charge in [-0.3, -0.25) is 4.79 Å². The standard InChI is InChI=1S/C15H15NO3/c16-14(15(18)19)13(10-4-2-1-3-5-10)11-6-8-12(17)9-7-11/h1-9,13-14,17H,16H2,(H,18,19). The fourth-order valence-corrected chi connectivity index (χ4v) is 2.09. The maximum Gasteiger partial charge on any atom is 0.321 e. The highest BCUT2D eigenvalue weighted by Gasteiger charge is 2.27. The van der Waals surface area contributed by atoms with E-state index < -0.39 is 17.9 Å². The first-order chi connectivity index (χ1) is 9.09. The average Bonchev–Trinajstić information content (AvgIpc) is 2.42. The zero-order valence-electron chi connectivity index (χ0n) is 10.2. The molecule has 0 saturated carbocycles. The second kappa shape index (κ2) is 5.54. The van der Waals surface area contributed by atoms with E-state index in [1.165, 1.54) is 12.1 Å². The van der Waals surface area contributed by atoms with Gasteiger partial charge < -0.3 is 15.9 Å². The van der Waals surface area contributed by atoms with Crippen molar-refractivity contribution in [3.8, 4) is 5.75 Å². The van der Waals surface area contributed by atoms with Crippen LogP contribution in [0.5, 0.6) is 5.75 Å². The van der Waals surface area contributed by atoms with Gasteiger partial charge in [-0.15, -0.1) is 0 Å². The summed E-state index contributed by atoms with van der Waals surface area (Å²) in [5, 5.41) is 18.5. The monoisotopic (exact) mass is 257 g/mol. The minimum atomic E-state index is -1.05. The molecular weight excluding hydrogens is 242 g/mol. The van der Waals surface area contributed by atoms with Crippen molar-refractivity contribution in [2.45, 2.75) is 12.0 Å². The van der Waals surface area contributed by atoms with E-state index in [4.69, 9.17) is 10.8 Å². The number of phenolic OH excluding ortho intramolecular Hbond substituents is 1. The number of benzene rings is 2. The predicted molar refractivity (Wildman–Crippen MR) is 72.0 cm³/mol. The Hall–Kier alpha value is -2.33. The van der Waals surface area contributed by atoms with Gasteiger partial charge in [0.2, 0.25) is 0 Å². The van der Waals surface area contributed by atoms with E-state index in [1.54, 1.807) is 12.1 Å². The van der Waals surface area contributed by atoms with Crippen molar-refractivity contribution in [2.75, 3.05) is 0 Å². The highest BCUT2D eigenvalue weighted by atomic mass is 16.4. The summed E-state index contributed by atoms with van der Waals surface area (Å²) >= 11 is 0. The molecule has 0 fully saturated rings. The molecule has 98 valence electrons. The first-order valence-electron chi connectivity index (χ1n) is 5.92. The molecule has 0 saturated heterocycles. The lowest BCUT2D eigenvalue weighted by atomic mass is 9.85. The van der Waals surface area contributed by atoms with Crippen LogP contribution in [0.15, 0.2) is 54.6 Å². The van der Waals surface area contributed by atoms with Crippen molar-refractivity contribution < 1.29 is 15.0 Å². The second-order valence-corrected chi connectivity index (χ2v) is 4.34. The van der Waals surface area contributed by atoms with E-state index in [0.717, 1.165) is 11.1 Å². The van der Waals surface area contributed by atoms with E-state index in [9.17, 15) is 9.90 Å². The molecule has 2 atom stereocenters. The number of hydrogen-bond acceptors (Lipinski definition) is 3. The summed E-state index contributed by atoms with van der Waals surface area (Å²) in [4.78, 5) is 11.2. The van der Waals surface area contributed by atoms with E-state index >= 15 is 0 Å². The van der Waals surface area contributed by atoms with Crippen LogP contribution in [0.2, 0.25) is 0 Å². The lowest BCUT2D eigenvalue weighted by Crippen LogP contribution is -2.37. The molecule has 4 heteroatoms. The number of rotatable bonds is 4. The summed E-state index contributed by atoms with van der Waals surface area (Å²) in [6.07, 6.45) is 0. The number of nitrogens with two attached hydrogens (primary N) is 1. The van der Waals surface area contributed by atoms with E-state index in [0.29, 0.717) is 0 Å². The van der Waals surface area contributed by atoms with E-state index in [-0.39, 0.29) is 5.75 Å². The van der Waals surface area contributed by atoms with E-state index in [1.807, 2.05) is 30.3 Å². The maximum absolute atomic E-state index is 11.2. The van der Waals surface area contributed by atoms with Crippen LogP contribution in [0, 0.1) is 0 Å². The first-order valence-corrected chi connectivity index (χ1v) is 5.92. The molecular formula is C15H15NO3. The second-order valence-electron chi connectivity index (χ2n) is 4.34. The van der Waals surface area contributed by atoms with Crippen molar-refractivity contribution in [1.29, 1.82) is 0 Å². The summed E-state index contributed by atoms with van der Waals surface area (Å²) in [7, 11) is 0. The van der Waals surface area contributed by atoms with Crippen molar-refractivity contribution >= 4 is 5.97 Å². The molecule has 19 heavy (non-hydrogen) atoms. The van der Waals surface area contributed by atoms with Crippen LogP contribution in [0.1, 0.15) is 17.0 Å². The largest absolute Gasteiger partial charge is 0.508 e. The molecule has 0 aliphatic heterocycles. The molecule has 0 aliphatic rings. The Morgan fingerprint density at radius 2 is 1.47 bits per heavy atom. The molecule has 0 bridgehead atoms. The van der Waals surface area contributed by atoms with Gasteiger partial charge in [-0.2, -0.15) is 0 Å². The summed E-state index contributed by atoms with van der Waals surface area (Å²) < 4.78 is 0. The van der Waals surface area contributed by atoms with Crippen molar-refractivity contribution in [3.05, 3.63) is 65.7 Å². The number of carboxylic acids is 1. The number of phenols is 1. The molecule has 0 amide bonds. The molecule has 2 unspecified atom stereocenters. The van der Waals surface area contributed by atoms with Crippen LogP contribution in [-0.2, 0) is 4.79 Å². The normalized spacial score (nSPS) is 13.7. The molecule has 2 aromatic rings. The average molecular weight is 257 g/mol. The maximum atomic E-state index is 11.2. The number of aliphatic carboxylic acids is 1. The molecule has 0 heterocycles. The Balaban J connectivity index is 2.45. The molecule has 4 nitrogen and oxygen atoms in total. The third-order valence-electron chi connectivity index (χ3n) is 3.06. The smallest absolute Gasteiger partial charge is 0.321 e. The van der Waals surface area contributed by atoms with Crippen LogP contribution < -0.4 is 5.73 Å². The quantitative estimate of drug-likeness (QED) is 0.781. The zero-order valence-corrected chi connectivity index (χ0v) is 10.2. The van der Waals surface area contributed by atoms with Gasteiger partial charge in [0.15, 0.2) is 0 Å². The van der Waals surface area contributed by atoms with Gasteiger partial charge in [0, 0.05) is 5.92 Å². The fourth-order valence-electron chi connectivity index (χ4n) is 2.09. The Bertz CT molecular complexity index is 551. The van der Waals surface area contributed by atoms with Crippen molar-refractivity contribution in [3.63, 3.8) is 0 Å². The lowest BCUT2D eigenvalue weighted by molar-refractivity contribution is -0.138. The fraction of sp³-hybridized carbons (Fsp3) is 0.133. The molecule has 0 radical (unpaired) electrons. The van der Waals surface area contributed by atoms with Gasteiger partial charge in [0.25, 0.3) is 0 Å². The summed E-state index contributed by atoms with van der Waals surface area (Å²) in [6, 6.07) is 14.6. The molecule has 0 aliphatic carbocycles. The van der Waals surface area contributed by atoms with Gasteiger partial charge in [-0.05, 0) is 23.3 Å². The van der Waals surface area contributed by atoms with Crippen molar-refractivity contribution in [2.24, 2.45) is 5.73 Å². The summed E-state index contributed by atoms with van der Waals surface area (Å²) in [6.45, 7) is 0.